The van der Waals surface area contributed by atoms with E-state index in [9.17, 15) is 26.4 Å². The van der Waals surface area contributed by atoms with E-state index in [1.165, 1.54) is 31.4 Å². The predicted molar refractivity (Wildman–Crippen MR) is 231 cm³/mol. The van der Waals surface area contributed by atoms with E-state index in [-0.39, 0.29) is 28.1 Å². The first-order valence-corrected chi connectivity index (χ1v) is 22.0. The Balaban J connectivity index is 0.000000321. The van der Waals surface area contributed by atoms with E-state index in [1.54, 1.807) is 36.4 Å². The standard InChI is InChI=1S/C31H40N6O3.2C6H6O3S/c1-5-6-12-26-34-29-30(24-10-7-8-11-25(24)33-31(29)32)37(26)18-9-17-36(27(38)21-35(2)3)20-23-15-13-22(14-16-23)19-28(39)40-4;2*7-10(8,9)6-4-2-1-3-5-6/h7-8,10-11,13-16H,5-6,9,12,17-21H2,1-4H3,(H2,32,33);2*1-5H,(H,7,8,9). The highest BCUT2D eigenvalue weighted by Crippen LogP contribution is 2.29. The van der Waals surface area contributed by atoms with E-state index in [0.29, 0.717) is 32.0 Å². The van der Waals surface area contributed by atoms with Crippen LogP contribution in [-0.2, 0) is 60.5 Å². The molecule has 0 aliphatic carbocycles. The van der Waals surface area contributed by atoms with Crippen molar-refractivity contribution in [3.63, 3.8) is 0 Å². The molecule has 4 N–H and O–H groups in total. The number of nitrogens with zero attached hydrogens (tertiary/aromatic N) is 5. The molecule has 0 saturated carbocycles. The number of methoxy groups -OCH3 is 1. The lowest BCUT2D eigenvalue weighted by Crippen LogP contribution is -2.38. The molecule has 2 aromatic heterocycles. The molecule has 4 aromatic carbocycles. The minimum absolute atomic E-state index is 0.0734. The molecule has 6 aromatic rings. The number of amides is 1. The van der Waals surface area contributed by atoms with Crippen molar-refractivity contribution in [2.45, 2.75) is 61.9 Å². The first kappa shape index (κ1) is 47.0. The minimum Gasteiger partial charge on any atom is -0.469 e. The van der Waals surface area contributed by atoms with Crippen LogP contribution in [0.4, 0.5) is 5.82 Å². The summed E-state index contributed by atoms with van der Waals surface area (Å²) in [4.78, 5) is 38.0. The molecule has 0 bridgehead atoms. The summed E-state index contributed by atoms with van der Waals surface area (Å²) in [7, 11) is -2.81. The van der Waals surface area contributed by atoms with Gasteiger partial charge in [-0.1, -0.05) is 92.2 Å². The number of imidazole rings is 1. The Kier molecular flexibility index (Phi) is 17.3. The summed E-state index contributed by atoms with van der Waals surface area (Å²) in [5.41, 5.74) is 10.9. The van der Waals surface area contributed by atoms with E-state index >= 15 is 0 Å². The molecule has 15 nitrogen and oxygen atoms in total. The zero-order valence-electron chi connectivity index (χ0n) is 34.1. The lowest BCUT2D eigenvalue weighted by atomic mass is 10.1. The number of carbonyl (C=O) groups excluding carboxylic acids is 2. The van der Waals surface area contributed by atoms with Gasteiger partial charge in [0.15, 0.2) is 5.82 Å². The van der Waals surface area contributed by atoms with Crippen LogP contribution in [0.15, 0.2) is 119 Å². The highest BCUT2D eigenvalue weighted by Gasteiger charge is 2.19. The van der Waals surface area contributed by atoms with Crippen LogP contribution in [0.5, 0.6) is 0 Å². The number of pyridine rings is 1. The molecule has 0 fully saturated rings. The van der Waals surface area contributed by atoms with E-state index in [0.717, 1.165) is 64.6 Å². The second kappa shape index (κ2) is 22.0. The molecular formula is C43H52N6O9S2. The summed E-state index contributed by atoms with van der Waals surface area (Å²) >= 11 is 0. The maximum Gasteiger partial charge on any atom is 0.309 e. The van der Waals surface area contributed by atoms with Crippen molar-refractivity contribution < 1.29 is 40.3 Å². The van der Waals surface area contributed by atoms with Gasteiger partial charge in [0.25, 0.3) is 20.2 Å². The maximum atomic E-state index is 13.2. The number of esters is 1. The van der Waals surface area contributed by atoms with E-state index < -0.39 is 20.2 Å². The first-order chi connectivity index (χ1) is 28.5. The number of para-hydroxylation sites is 1. The monoisotopic (exact) mass is 860 g/mol. The Morgan fingerprint density at radius 3 is 1.83 bits per heavy atom. The maximum absolute atomic E-state index is 13.2. The Morgan fingerprint density at radius 2 is 1.32 bits per heavy atom. The number of ether oxygens (including phenoxy) is 1. The molecule has 0 spiro atoms. The summed E-state index contributed by atoms with van der Waals surface area (Å²) in [6, 6.07) is 30.7. The molecule has 60 heavy (non-hydrogen) atoms. The molecule has 17 heteroatoms. The fraction of sp³-hybridized carbons (Fsp3) is 0.302. The number of hydrogen-bond acceptors (Lipinski definition) is 11. The predicted octanol–water partition coefficient (Wildman–Crippen LogP) is 6.07. The number of benzene rings is 4. The number of aromatic nitrogens is 3. The Labute approximate surface area is 351 Å². The number of unbranched alkanes of at least 4 members (excludes halogenated alkanes) is 1. The third kappa shape index (κ3) is 13.9. The zero-order chi connectivity index (χ0) is 43.9. The molecular weight excluding hydrogens is 809 g/mol. The molecule has 0 saturated heterocycles. The molecule has 0 radical (unpaired) electrons. The normalized spacial score (nSPS) is 11.4. The fourth-order valence-electron chi connectivity index (χ4n) is 6.16. The average molecular weight is 861 g/mol. The van der Waals surface area contributed by atoms with Crippen LogP contribution < -0.4 is 5.73 Å². The van der Waals surface area contributed by atoms with Crippen LogP contribution in [0.25, 0.3) is 21.9 Å². The van der Waals surface area contributed by atoms with Gasteiger partial charge >= 0.3 is 5.97 Å². The van der Waals surface area contributed by atoms with E-state index in [2.05, 4.69) is 22.5 Å². The van der Waals surface area contributed by atoms with Crippen molar-refractivity contribution in [3.8, 4) is 0 Å². The topological polar surface area (TPSA) is 215 Å². The summed E-state index contributed by atoms with van der Waals surface area (Å²) in [5, 5.41) is 1.04. The first-order valence-electron chi connectivity index (χ1n) is 19.2. The fourth-order valence-corrected chi connectivity index (χ4v) is 7.16. The van der Waals surface area contributed by atoms with Crippen LogP contribution >= 0.6 is 0 Å². The van der Waals surface area contributed by atoms with Crippen LogP contribution in [0.2, 0.25) is 0 Å². The van der Waals surface area contributed by atoms with Gasteiger partial charge in [0.2, 0.25) is 5.91 Å². The molecule has 0 unspecified atom stereocenters. The van der Waals surface area contributed by atoms with Gasteiger partial charge in [-0.3, -0.25) is 18.7 Å². The van der Waals surface area contributed by atoms with Gasteiger partial charge in [0.1, 0.15) is 11.3 Å². The molecule has 0 aliphatic heterocycles. The van der Waals surface area contributed by atoms with Gasteiger partial charge in [0.05, 0.1) is 40.9 Å². The smallest absolute Gasteiger partial charge is 0.309 e. The summed E-state index contributed by atoms with van der Waals surface area (Å²) in [6.07, 6.45) is 3.96. The van der Waals surface area contributed by atoms with Crippen LogP contribution in [-0.4, -0.2) is 96.4 Å². The number of carbonyl (C=O) groups is 2. The van der Waals surface area contributed by atoms with Gasteiger partial charge in [-0.25, -0.2) is 9.97 Å². The number of anilines is 1. The molecule has 1 amide bonds. The van der Waals surface area contributed by atoms with Crippen molar-refractivity contribution in [1.29, 1.82) is 0 Å². The van der Waals surface area contributed by atoms with E-state index in [1.807, 2.05) is 66.4 Å². The lowest BCUT2D eigenvalue weighted by molar-refractivity contribution is -0.139. The average Bonchev–Trinajstić information content (AvgIpc) is 3.59. The minimum atomic E-state index is -4.00. The number of nitrogens with two attached hydrogens (primary N) is 1. The number of aryl methyl sites for hydroxylation is 2. The van der Waals surface area contributed by atoms with Gasteiger partial charge in [-0.15, -0.1) is 0 Å². The van der Waals surface area contributed by atoms with Crippen molar-refractivity contribution in [2.24, 2.45) is 0 Å². The Bertz CT molecular complexity index is 2480. The zero-order valence-corrected chi connectivity index (χ0v) is 35.8. The highest BCUT2D eigenvalue weighted by molar-refractivity contribution is 7.86. The highest BCUT2D eigenvalue weighted by atomic mass is 32.2. The SMILES string of the molecule is CCCCc1nc2c(N)nc3ccccc3c2n1CCCN(Cc1ccc(CC(=O)OC)cc1)C(=O)CN(C)C.O=S(=O)(O)c1ccccc1.O=S(=O)(O)c1ccccc1. The second-order valence-electron chi connectivity index (χ2n) is 14.0. The van der Waals surface area contributed by atoms with Crippen molar-refractivity contribution in [3.05, 3.63) is 126 Å². The van der Waals surface area contributed by atoms with Crippen molar-refractivity contribution >= 4 is 59.9 Å². The number of likely N-dealkylation sites (N-methyl/N-ethyl adjacent to an activating group) is 1. The van der Waals surface area contributed by atoms with Crippen LogP contribution in [0.1, 0.15) is 43.1 Å². The van der Waals surface area contributed by atoms with Crippen LogP contribution in [0.3, 0.4) is 0 Å². The van der Waals surface area contributed by atoms with Gasteiger partial charge < -0.3 is 24.8 Å². The number of fused-ring (bicyclic) bond motifs is 3. The molecule has 0 aliphatic rings. The van der Waals surface area contributed by atoms with Gasteiger partial charge in [-0.2, -0.15) is 16.8 Å². The lowest BCUT2D eigenvalue weighted by Gasteiger charge is -2.25. The second-order valence-corrected chi connectivity index (χ2v) is 16.9. The third-order valence-electron chi connectivity index (χ3n) is 9.11. The summed E-state index contributed by atoms with van der Waals surface area (Å²) in [5.74, 6) is 1.26. The number of rotatable bonds is 15. The largest absolute Gasteiger partial charge is 0.469 e. The molecule has 6 rings (SSSR count). The summed E-state index contributed by atoms with van der Waals surface area (Å²) < 4.78 is 65.5. The van der Waals surface area contributed by atoms with Crippen molar-refractivity contribution in [1.82, 2.24) is 24.3 Å². The molecule has 0 atom stereocenters. The number of nitrogen functional groups attached to an aromatic ring is 1. The van der Waals surface area contributed by atoms with Crippen LogP contribution in [0, 0.1) is 0 Å². The molecule has 2 heterocycles. The summed E-state index contributed by atoms with van der Waals surface area (Å²) in [6.45, 7) is 4.32. The quantitative estimate of drug-likeness (QED) is 0.0791. The Morgan fingerprint density at radius 1 is 0.767 bits per heavy atom. The van der Waals surface area contributed by atoms with Gasteiger partial charge in [-0.05, 0) is 68.4 Å². The molecule has 320 valence electrons. The van der Waals surface area contributed by atoms with Gasteiger partial charge in [0, 0.05) is 31.4 Å². The Hall–Kier alpha value is -5.72. The van der Waals surface area contributed by atoms with E-state index in [4.69, 9.17) is 24.6 Å². The number of hydrogen-bond donors (Lipinski definition) is 3. The third-order valence-corrected chi connectivity index (χ3v) is 10.8. The van der Waals surface area contributed by atoms with Crippen molar-refractivity contribution in [2.75, 3.05) is 40.0 Å².